The fraction of sp³-hybridized carbons (Fsp3) is 0.444. The molecule has 5 heteroatoms. The standard InChI is InChI=1S/C9H13N3O2/c1-4-14-9(13)8(5-10)6-11-7-12(2)3/h6-7H,4H2,1-3H3/p+1. The fourth-order valence-electron chi connectivity index (χ4n) is 0.615. The molecule has 0 radical (unpaired) electrons. The Kier molecular flexibility index (Phi) is 5.79. The van der Waals surface area contributed by atoms with Crippen LogP contribution in [0.15, 0.2) is 11.8 Å². The second-order valence-corrected chi connectivity index (χ2v) is 2.65. The van der Waals surface area contributed by atoms with Crippen LogP contribution in [-0.4, -0.2) is 37.6 Å². The van der Waals surface area contributed by atoms with Crippen LogP contribution in [0.3, 0.4) is 0 Å². The number of esters is 1. The Bertz CT molecular complexity index is 296. The van der Waals surface area contributed by atoms with E-state index in [2.05, 4.69) is 10.1 Å². The first kappa shape index (κ1) is 12.2. The van der Waals surface area contributed by atoms with Crippen molar-refractivity contribution >= 4 is 12.3 Å². The number of nitriles is 1. The second kappa shape index (κ2) is 6.66. The number of ether oxygens (including phenoxy) is 1. The summed E-state index contributed by atoms with van der Waals surface area (Å²) in [6.45, 7) is 1.95. The quantitative estimate of drug-likeness (QED) is 0.169. The molecule has 0 unspecified atom stereocenters. The molecule has 0 amide bonds. The van der Waals surface area contributed by atoms with Gasteiger partial charge in [0.15, 0.2) is 5.57 Å². The van der Waals surface area contributed by atoms with Gasteiger partial charge in [-0.3, -0.25) is 9.89 Å². The Morgan fingerprint density at radius 3 is 2.71 bits per heavy atom. The van der Waals surface area contributed by atoms with E-state index in [0.29, 0.717) is 0 Å². The highest BCUT2D eigenvalue weighted by molar-refractivity contribution is 5.92. The van der Waals surface area contributed by atoms with Crippen molar-refractivity contribution in [2.45, 2.75) is 6.92 Å². The van der Waals surface area contributed by atoms with Gasteiger partial charge in [0.05, 0.1) is 20.7 Å². The van der Waals surface area contributed by atoms with Gasteiger partial charge in [-0.1, -0.05) is 0 Å². The molecule has 0 atom stereocenters. The van der Waals surface area contributed by atoms with Gasteiger partial charge < -0.3 is 4.74 Å². The molecular formula is C9H14N3O2+. The van der Waals surface area contributed by atoms with Crippen LogP contribution in [0.4, 0.5) is 0 Å². The minimum absolute atomic E-state index is 0.0510. The van der Waals surface area contributed by atoms with Gasteiger partial charge in [-0.15, -0.1) is 0 Å². The van der Waals surface area contributed by atoms with E-state index in [4.69, 9.17) is 5.26 Å². The van der Waals surface area contributed by atoms with E-state index in [1.807, 2.05) is 14.1 Å². The summed E-state index contributed by atoms with van der Waals surface area (Å²) in [5.74, 6) is -0.616. The summed E-state index contributed by atoms with van der Waals surface area (Å²) in [6.07, 6.45) is 2.91. The molecule has 5 nitrogen and oxygen atoms in total. The number of nitrogens with zero attached hydrogens (tertiary/aromatic N) is 2. The molecule has 0 rings (SSSR count). The van der Waals surface area contributed by atoms with E-state index in [0.717, 1.165) is 0 Å². The van der Waals surface area contributed by atoms with Crippen molar-refractivity contribution in [1.82, 2.24) is 5.32 Å². The van der Waals surface area contributed by atoms with Gasteiger partial charge in [-0.05, 0) is 6.92 Å². The normalized spacial score (nSPS) is 10.0. The van der Waals surface area contributed by atoms with Crippen molar-refractivity contribution in [3.05, 3.63) is 11.8 Å². The van der Waals surface area contributed by atoms with Gasteiger partial charge in [-0.25, -0.2) is 4.79 Å². The number of nitrogens with one attached hydrogen (secondary N) is 1. The summed E-state index contributed by atoms with van der Waals surface area (Å²) in [5.41, 5.74) is -0.0510. The summed E-state index contributed by atoms with van der Waals surface area (Å²) >= 11 is 0. The van der Waals surface area contributed by atoms with Crippen molar-refractivity contribution in [1.29, 1.82) is 5.26 Å². The van der Waals surface area contributed by atoms with E-state index in [9.17, 15) is 4.79 Å². The Labute approximate surface area is 83.3 Å². The van der Waals surface area contributed by atoms with Crippen LogP contribution < -0.4 is 5.32 Å². The minimum atomic E-state index is -0.616. The molecule has 0 aromatic heterocycles. The van der Waals surface area contributed by atoms with Crippen LogP contribution in [-0.2, 0) is 9.53 Å². The van der Waals surface area contributed by atoms with E-state index in [1.54, 1.807) is 23.9 Å². The zero-order valence-corrected chi connectivity index (χ0v) is 8.57. The molecule has 14 heavy (non-hydrogen) atoms. The Balaban J connectivity index is 4.35. The van der Waals surface area contributed by atoms with Crippen molar-refractivity contribution in [2.24, 2.45) is 0 Å². The molecule has 0 aromatic rings. The zero-order valence-electron chi connectivity index (χ0n) is 8.57. The van der Waals surface area contributed by atoms with E-state index in [-0.39, 0.29) is 12.2 Å². The third-order valence-electron chi connectivity index (χ3n) is 1.18. The predicted molar refractivity (Wildman–Crippen MR) is 51.6 cm³/mol. The molecular weight excluding hydrogens is 182 g/mol. The zero-order chi connectivity index (χ0) is 11.0. The summed E-state index contributed by atoms with van der Waals surface area (Å²) < 4.78 is 6.40. The Morgan fingerprint density at radius 2 is 2.29 bits per heavy atom. The van der Waals surface area contributed by atoms with Gasteiger partial charge in [0.25, 0.3) is 0 Å². The van der Waals surface area contributed by atoms with Crippen molar-refractivity contribution < 1.29 is 14.1 Å². The molecule has 0 aliphatic rings. The largest absolute Gasteiger partial charge is 0.462 e. The molecule has 0 aliphatic carbocycles. The molecule has 0 spiro atoms. The topological polar surface area (TPSA) is 65.1 Å². The maximum atomic E-state index is 11.1. The summed E-state index contributed by atoms with van der Waals surface area (Å²) in [7, 11) is 3.63. The van der Waals surface area contributed by atoms with Crippen molar-refractivity contribution in [3.8, 4) is 6.07 Å². The van der Waals surface area contributed by atoms with Crippen LogP contribution in [0.5, 0.6) is 0 Å². The summed E-state index contributed by atoms with van der Waals surface area (Å²) in [4.78, 5) is 11.1. The SMILES string of the molecule is CCOC(=O)C(C#N)=CNC=[N+](C)C. The van der Waals surface area contributed by atoms with Gasteiger partial charge >= 0.3 is 5.97 Å². The van der Waals surface area contributed by atoms with Gasteiger partial charge in [0.2, 0.25) is 6.34 Å². The van der Waals surface area contributed by atoms with Crippen LogP contribution >= 0.6 is 0 Å². The highest BCUT2D eigenvalue weighted by atomic mass is 16.5. The second-order valence-electron chi connectivity index (χ2n) is 2.65. The van der Waals surface area contributed by atoms with Gasteiger partial charge in [0.1, 0.15) is 12.3 Å². The summed E-state index contributed by atoms with van der Waals surface area (Å²) in [5, 5.41) is 11.3. The van der Waals surface area contributed by atoms with Crippen LogP contribution in [0.2, 0.25) is 0 Å². The smallest absolute Gasteiger partial charge is 0.352 e. The maximum absolute atomic E-state index is 11.1. The van der Waals surface area contributed by atoms with E-state index in [1.165, 1.54) is 6.20 Å². The average molecular weight is 196 g/mol. The average Bonchev–Trinajstić information content (AvgIpc) is 2.12. The van der Waals surface area contributed by atoms with Crippen molar-refractivity contribution in [2.75, 3.05) is 20.7 Å². The minimum Gasteiger partial charge on any atom is -0.462 e. The Hall–Kier alpha value is -1.83. The molecule has 76 valence electrons. The maximum Gasteiger partial charge on any atom is 0.352 e. The van der Waals surface area contributed by atoms with Gasteiger partial charge in [-0.2, -0.15) is 5.26 Å². The molecule has 0 aromatic carbocycles. The fourth-order valence-corrected chi connectivity index (χ4v) is 0.615. The number of carbonyl (C=O) groups excluding carboxylic acids is 1. The first-order valence-corrected chi connectivity index (χ1v) is 4.15. The first-order chi connectivity index (χ1) is 6.61. The highest BCUT2D eigenvalue weighted by Gasteiger charge is 2.09. The number of carbonyl (C=O) groups is 1. The molecule has 0 aliphatic heterocycles. The molecule has 0 heterocycles. The number of hydrogen-bond donors (Lipinski definition) is 1. The summed E-state index contributed by atoms with van der Waals surface area (Å²) in [6, 6.07) is 1.75. The van der Waals surface area contributed by atoms with Crippen LogP contribution in [0, 0.1) is 11.3 Å². The molecule has 0 saturated carbocycles. The molecule has 0 saturated heterocycles. The van der Waals surface area contributed by atoms with Crippen LogP contribution in [0.25, 0.3) is 0 Å². The van der Waals surface area contributed by atoms with Crippen molar-refractivity contribution in [3.63, 3.8) is 0 Å². The monoisotopic (exact) mass is 196 g/mol. The van der Waals surface area contributed by atoms with Crippen LogP contribution in [0.1, 0.15) is 6.92 Å². The molecule has 1 N–H and O–H groups in total. The third kappa shape index (κ3) is 4.93. The number of rotatable bonds is 4. The van der Waals surface area contributed by atoms with Gasteiger partial charge in [0, 0.05) is 0 Å². The predicted octanol–water partition coefficient (Wildman–Crippen LogP) is -0.153. The lowest BCUT2D eigenvalue weighted by Crippen LogP contribution is -2.15. The lowest BCUT2D eigenvalue weighted by atomic mass is 10.3. The van der Waals surface area contributed by atoms with E-state index < -0.39 is 5.97 Å². The molecule has 0 bridgehead atoms. The van der Waals surface area contributed by atoms with E-state index >= 15 is 0 Å². The highest BCUT2D eigenvalue weighted by Crippen LogP contribution is 1.93. The lowest BCUT2D eigenvalue weighted by molar-refractivity contribution is -0.461. The lowest BCUT2D eigenvalue weighted by Gasteiger charge is -1.96. The number of hydrogen-bond acceptors (Lipinski definition) is 3. The third-order valence-corrected chi connectivity index (χ3v) is 1.18. The molecule has 0 fully saturated rings. The first-order valence-electron chi connectivity index (χ1n) is 4.15. The Morgan fingerprint density at radius 1 is 1.64 bits per heavy atom.